The van der Waals surface area contributed by atoms with E-state index in [0.29, 0.717) is 16.3 Å². The van der Waals surface area contributed by atoms with Crippen LogP contribution in [-0.4, -0.2) is 12.8 Å². The second-order valence-electron chi connectivity index (χ2n) is 3.62. The van der Waals surface area contributed by atoms with Gasteiger partial charge < -0.3 is 10.5 Å². The fourth-order valence-electron chi connectivity index (χ4n) is 1.26. The monoisotopic (exact) mass is 267 g/mol. The Labute approximate surface area is 103 Å². The Hall–Kier alpha value is -0.940. The van der Waals surface area contributed by atoms with Gasteiger partial charge in [0.05, 0.1) is 6.61 Å². The van der Waals surface area contributed by atoms with E-state index >= 15 is 0 Å². The van der Waals surface area contributed by atoms with Crippen LogP contribution in [0.15, 0.2) is 18.2 Å². The van der Waals surface area contributed by atoms with Crippen molar-refractivity contribution >= 4 is 17.3 Å². The Morgan fingerprint density at radius 3 is 2.65 bits per heavy atom. The first kappa shape index (κ1) is 14.1. The molecule has 0 aliphatic rings. The van der Waals surface area contributed by atoms with Crippen molar-refractivity contribution in [1.82, 2.24) is 0 Å². The summed E-state index contributed by atoms with van der Waals surface area (Å²) >= 11 is 5.87. The van der Waals surface area contributed by atoms with Crippen LogP contribution in [0.25, 0.3) is 0 Å². The van der Waals surface area contributed by atoms with Crippen LogP contribution in [0.4, 0.5) is 18.9 Å². The molecule has 96 valence electrons. The molecule has 0 saturated carbocycles. The lowest BCUT2D eigenvalue weighted by atomic mass is 10.2. The highest BCUT2D eigenvalue weighted by Crippen LogP contribution is 2.22. The zero-order valence-electron chi connectivity index (χ0n) is 9.06. The average molecular weight is 268 g/mol. The van der Waals surface area contributed by atoms with Gasteiger partial charge in [-0.15, -0.1) is 0 Å². The minimum atomic E-state index is -4.13. The average Bonchev–Trinajstić information content (AvgIpc) is 2.21. The van der Waals surface area contributed by atoms with Crippen molar-refractivity contribution in [1.29, 1.82) is 0 Å². The zero-order valence-corrected chi connectivity index (χ0v) is 9.81. The number of halogens is 4. The largest absolute Gasteiger partial charge is 0.399 e. The lowest BCUT2D eigenvalue weighted by Gasteiger charge is -2.08. The molecule has 1 aromatic carbocycles. The smallest absolute Gasteiger partial charge is 0.389 e. The van der Waals surface area contributed by atoms with Crippen LogP contribution in [0.5, 0.6) is 0 Å². The third-order valence-electron chi connectivity index (χ3n) is 2.08. The van der Waals surface area contributed by atoms with Crippen molar-refractivity contribution in [2.75, 3.05) is 12.3 Å². The van der Waals surface area contributed by atoms with E-state index in [1.54, 1.807) is 18.2 Å². The molecule has 6 heteroatoms. The van der Waals surface area contributed by atoms with Crippen molar-refractivity contribution in [3.8, 4) is 0 Å². The SMILES string of the molecule is Nc1ccc(Cl)c(COCCCC(F)(F)F)c1. The van der Waals surface area contributed by atoms with Gasteiger partial charge in [-0.25, -0.2) is 0 Å². The summed E-state index contributed by atoms with van der Waals surface area (Å²) in [4.78, 5) is 0. The molecule has 0 bridgehead atoms. The Bertz CT molecular complexity index is 368. The minimum absolute atomic E-state index is 0.0463. The molecule has 0 aromatic heterocycles. The maximum absolute atomic E-state index is 11.8. The molecule has 0 atom stereocenters. The van der Waals surface area contributed by atoms with Gasteiger partial charge in [-0.1, -0.05) is 11.6 Å². The van der Waals surface area contributed by atoms with Crippen molar-refractivity contribution in [2.45, 2.75) is 25.6 Å². The standard InChI is InChI=1S/C11H13ClF3NO/c12-10-3-2-9(16)6-8(10)7-17-5-1-4-11(13,14)15/h2-3,6H,1,4-5,7,16H2. The summed E-state index contributed by atoms with van der Waals surface area (Å²) in [7, 11) is 0. The summed E-state index contributed by atoms with van der Waals surface area (Å²) in [6.45, 7) is 0.215. The quantitative estimate of drug-likeness (QED) is 0.651. The van der Waals surface area contributed by atoms with E-state index in [4.69, 9.17) is 22.1 Å². The number of hydrogen-bond donors (Lipinski definition) is 1. The normalized spacial score (nSPS) is 11.8. The summed E-state index contributed by atoms with van der Waals surface area (Å²) in [5, 5.41) is 0.495. The number of ether oxygens (including phenoxy) is 1. The summed E-state index contributed by atoms with van der Waals surface area (Å²) in [6.07, 6.45) is -5.01. The zero-order chi connectivity index (χ0) is 12.9. The first-order valence-electron chi connectivity index (χ1n) is 5.07. The predicted octanol–water partition coefficient (Wildman–Crippen LogP) is 3.78. The molecule has 2 nitrogen and oxygen atoms in total. The van der Waals surface area contributed by atoms with Crippen molar-refractivity contribution in [3.63, 3.8) is 0 Å². The first-order valence-corrected chi connectivity index (χ1v) is 5.45. The third kappa shape index (κ3) is 5.79. The van der Waals surface area contributed by atoms with Crippen LogP contribution >= 0.6 is 11.6 Å². The second-order valence-corrected chi connectivity index (χ2v) is 4.03. The number of nitrogens with two attached hydrogens (primary N) is 1. The summed E-state index contributed by atoms with van der Waals surface area (Å²) in [5.74, 6) is 0. The Kier molecular flexibility index (Phi) is 5.08. The van der Waals surface area contributed by atoms with E-state index in [2.05, 4.69) is 0 Å². The molecular weight excluding hydrogens is 255 g/mol. The van der Waals surface area contributed by atoms with Crippen LogP contribution in [-0.2, 0) is 11.3 Å². The number of alkyl halides is 3. The van der Waals surface area contributed by atoms with E-state index in [-0.39, 0.29) is 19.6 Å². The Morgan fingerprint density at radius 2 is 2.00 bits per heavy atom. The van der Waals surface area contributed by atoms with Crippen LogP contribution in [0.3, 0.4) is 0 Å². The van der Waals surface area contributed by atoms with E-state index < -0.39 is 12.6 Å². The maximum atomic E-state index is 11.8. The lowest BCUT2D eigenvalue weighted by molar-refractivity contribution is -0.138. The third-order valence-corrected chi connectivity index (χ3v) is 2.44. The molecule has 2 N–H and O–H groups in total. The minimum Gasteiger partial charge on any atom is -0.399 e. The summed E-state index contributed by atoms with van der Waals surface area (Å²) in [6, 6.07) is 4.92. The molecular formula is C11H13ClF3NO. The molecule has 0 amide bonds. The Morgan fingerprint density at radius 1 is 1.29 bits per heavy atom. The van der Waals surface area contributed by atoms with Gasteiger partial charge in [-0.2, -0.15) is 13.2 Å². The van der Waals surface area contributed by atoms with Gasteiger partial charge in [-0.05, 0) is 30.2 Å². The molecule has 0 heterocycles. The van der Waals surface area contributed by atoms with Gasteiger partial charge in [0.15, 0.2) is 0 Å². The van der Waals surface area contributed by atoms with E-state index in [1.807, 2.05) is 0 Å². The van der Waals surface area contributed by atoms with E-state index in [1.165, 1.54) is 0 Å². The van der Waals surface area contributed by atoms with Crippen LogP contribution < -0.4 is 5.73 Å². The predicted molar refractivity (Wildman–Crippen MR) is 60.8 cm³/mol. The van der Waals surface area contributed by atoms with Crippen molar-refractivity contribution in [3.05, 3.63) is 28.8 Å². The number of hydrogen-bond acceptors (Lipinski definition) is 2. The van der Waals surface area contributed by atoms with Gasteiger partial charge in [0, 0.05) is 23.7 Å². The fourth-order valence-corrected chi connectivity index (χ4v) is 1.43. The van der Waals surface area contributed by atoms with Gasteiger partial charge in [0.2, 0.25) is 0 Å². The molecule has 0 aliphatic carbocycles. The van der Waals surface area contributed by atoms with E-state index in [9.17, 15) is 13.2 Å². The molecule has 0 saturated heterocycles. The highest BCUT2D eigenvalue weighted by Gasteiger charge is 2.25. The summed E-state index contributed by atoms with van der Waals surface area (Å²) in [5.41, 5.74) is 6.78. The van der Waals surface area contributed by atoms with Gasteiger partial charge >= 0.3 is 6.18 Å². The number of benzene rings is 1. The first-order chi connectivity index (χ1) is 7.88. The van der Waals surface area contributed by atoms with E-state index in [0.717, 1.165) is 0 Å². The molecule has 17 heavy (non-hydrogen) atoms. The van der Waals surface area contributed by atoms with Crippen molar-refractivity contribution in [2.24, 2.45) is 0 Å². The molecule has 0 unspecified atom stereocenters. The van der Waals surface area contributed by atoms with Gasteiger partial charge in [-0.3, -0.25) is 0 Å². The Balaban J connectivity index is 2.29. The molecule has 0 spiro atoms. The molecule has 0 fully saturated rings. The van der Waals surface area contributed by atoms with Crippen LogP contribution in [0, 0.1) is 0 Å². The topological polar surface area (TPSA) is 35.2 Å². The number of nitrogen functional groups attached to an aromatic ring is 1. The lowest BCUT2D eigenvalue weighted by Crippen LogP contribution is -2.08. The highest BCUT2D eigenvalue weighted by molar-refractivity contribution is 6.31. The van der Waals surface area contributed by atoms with Gasteiger partial charge in [0.25, 0.3) is 0 Å². The molecule has 0 radical (unpaired) electrons. The highest BCUT2D eigenvalue weighted by atomic mass is 35.5. The number of anilines is 1. The fraction of sp³-hybridized carbons (Fsp3) is 0.455. The maximum Gasteiger partial charge on any atom is 0.389 e. The van der Waals surface area contributed by atoms with Crippen molar-refractivity contribution < 1.29 is 17.9 Å². The number of rotatable bonds is 5. The van der Waals surface area contributed by atoms with Gasteiger partial charge in [0.1, 0.15) is 0 Å². The summed E-state index contributed by atoms with van der Waals surface area (Å²) < 4.78 is 40.6. The second kappa shape index (κ2) is 6.12. The molecule has 1 aromatic rings. The molecule has 0 aliphatic heterocycles. The van der Waals surface area contributed by atoms with Crippen LogP contribution in [0.2, 0.25) is 5.02 Å². The molecule has 1 rings (SSSR count). The van der Waals surface area contributed by atoms with Crippen LogP contribution in [0.1, 0.15) is 18.4 Å².